The van der Waals surface area contributed by atoms with Crippen LogP contribution in [0, 0.1) is 11.2 Å². The van der Waals surface area contributed by atoms with E-state index in [1.165, 1.54) is 6.07 Å². The third-order valence-corrected chi connectivity index (χ3v) is 4.49. The topological polar surface area (TPSA) is 21.3 Å². The van der Waals surface area contributed by atoms with Crippen LogP contribution in [-0.4, -0.2) is 19.7 Å². The molecule has 2 atom stereocenters. The molecule has 1 aromatic carbocycles. The van der Waals surface area contributed by atoms with Gasteiger partial charge < -0.3 is 10.1 Å². The largest absolute Gasteiger partial charge is 0.496 e. The molecule has 1 aliphatic rings. The van der Waals surface area contributed by atoms with E-state index in [-0.39, 0.29) is 17.2 Å². The summed E-state index contributed by atoms with van der Waals surface area (Å²) in [5.74, 6) is 0.747. The molecule has 1 aliphatic carbocycles. The normalized spacial score (nSPS) is 24.9. The summed E-state index contributed by atoms with van der Waals surface area (Å²) in [5.41, 5.74) is 0.800. The highest BCUT2D eigenvalue weighted by Crippen LogP contribution is 2.55. The summed E-state index contributed by atoms with van der Waals surface area (Å²) in [6.07, 6.45) is 2.10. The van der Waals surface area contributed by atoms with Gasteiger partial charge in [0.25, 0.3) is 0 Å². The molecular weight excluding hydrogens is 241 g/mol. The fourth-order valence-corrected chi connectivity index (χ4v) is 3.11. The van der Waals surface area contributed by atoms with E-state index in [0.717, 1.165) is 24.9 Å². The SMILES string of the molecule is CCCNC1CC(c2c(F)cccc2OC)C1(C)C. The zero-order valence-electron chi connectivity index (χ0n) is 12.3. The Kier molecular flexibility index (Phi) is 4.14. The average Bonchev–Trinajstić information content (AvgIpc) is 2.39. The van der Waals surface area contributed by atoms with Crippen molar-refractivity contribution in [2.75, 3.05) is 13.7 Å². The Morgan fingerprint density at radius 3 is 2.74 bits per heavy atom. The first-order valence-electron chi connectivity index (χ1n) is 7.08. The van der Waals surface area contributed by atoms with Gasteiger partial charge in [-0.05, 0) is 42.9 Å². The van der Waals surface area contributed by atoms with Gasteiger partial charge in [-0.1, -0.05) is 26.8 Å². The molecule has 0 radical (unpaired) electrons. The molecule has 1 N–H and O–H groups in total. The molecule has 1 fully saturated rings. The number of benzene rings is 1. The van der Waals surface area contributed by atoms with Crippen LogP contribution < -0.4 is 10.1 Å². The highest BCUT2D eigenvalue weighted by molar-refractivity contribution is 5.41. The Labute approximate surface area is 115 Å². The lowest BCUT2D eigenvalue weighted by atomic mass is 9.56. The molecular formula is C16H24FNO. The highest BCUT2D eigenvalue weighted by atomic mass is 19.1. The zero-order valence-corrected chi connectivity index (χ0v) is 12.3. The first-order chi connectivity index (χ1) is 9.02. The second-order valence-corrected chi connectivity index (χ2v) is 5.97. The summed E-state index contributed by atoms with van der Waals surface area (Å²) in [7, 11) is 1.61. The van der Waals surface area contributed by atoms with Gasteiger partial charge in [0, 0.05) is 11.6 Å². The first-order valence-corrected chi connectivity index (χ1v) is 7.08. The van der Waals surface area contributed by atoms with Crippen molar-refractivity contribution in [1.82, 2.24) is 5.32 Å². The van der Waals surface area contributed by atoms with Crippen LogP contribution in [-0.2, 0) is 0 Å². The van der Waals surface area contributed by atoms with Gasteiger partial charge in [-0.25, -0.2) is 4.39 Å². The maximum atomic E-state index is 14.1. The van der Waals surface area contributed by atoms with E-state index in [2.05, 4.69) is 26.1 Å². The predicted octanol–water partition coefficient (Wildman–Crippen LogP) is 3.72. The van der Waals surface area contributed by atoms with Crippen LogP contribution in [0.1, 0.15) is 45.1 Å². The number of ether oxygens (including phenoxy) is 1. The maximum absolute atomic E-state index is 14.1. The molecule has 106 valence electrons. The van der Waals surface area contributed by atoms with Crippen molar-refractivity contribution in [3.05, 3.63) is 29.6 Å². The van der Waals surface area contributed by atoms with Crippen molar-refractivity contribution < 1.29 is 9.13 Å². The molecule has 0 saturated heterocycles. The minimum atomic E-state index is -0.147. The van der Waals surface area contributed by atoms with Gasteiger partial charge in [-0.2, -0.15) is 0 Å². The van der Waals surface area contributed by atoms with Crippen molar-refractivity contribution in [3.63, 3.8) is 0 Å². The van der Waals surface area contributed by atoms with Gasteiger partial charge in [0.2, 0.25) is 0 Å². The number of nitrogens with one attached hydrogen (secondary N) is 1. The van der Waals surface area contributed by atoms with Crippen molar-refractivity contribution in [1.29, 1.82) is 0 Å². The third kappa shape index (κ3) is 2.48. The Hall–Kier alpha value is -1.09. The number of hydrogen-bond donors (Lipinski definition) is 1. The third-order valence-electron chi connectivity index (χ3n) is 4.49. The number of rotatable bonds is 5. The summed E-state index contributed by atoms with van der Waals surface area (Å²) in [6, 6.07) is 5.54. The molecule has 0 bridgehead atoms. The molecule has 0 spiro atoms. The van der Waals surface area contributed by atoms with Crippen LogP contribution in [0.3, 0.4) is 0 Å². The molecule has 1 aromatic rings. The maximum Gasteiger partial charge on any atom is 0.130 e. The van der Waals surface area contributed by atoms with E-state index in [1.807, 2.05) is 6.07 Å². The lowest BCUT2D eigenvalue weighted by Gasteiger charge is -2.53. The Bertz CT molecular complexity index is 444. The van der Waals surface area contributed by atoms with Crippen molar-refractivity contribution >= 4 is 0 Å². The van der Waals surface area contributed by atoms with Crippen LogP contribution in [0.25, 0.3) is 0 Å². The van der Waals surface area contributed by atoms with E-state index >= 15 is 0 Å². The summed E-state index contributed by atoms with van der Waals surface area (Å²) < 4.78 is 19.5. The molecule has 19 heavy (non-hydrogen) atoms. The van der Waals surface area contributed by atoms with E-state index < -0.39 is 0 Å². The van der Waals surface area contributed by atoms with E-state index in [9.17, 15) is 4.39 Å². The van der Waals surface area contributed by atoms with Crippen LogP contribution in [0.4, 0.5) is 4.39 Å². The van der Waals surface area contributed by atoms with Crippen LogP contribution in [0.5, 0.6) is 5.75 Å². The zero-order chi connectivity index (χ0) is 14.0. The average molecular weight is 265 g/mol. The molecule has 0 amide bonds. The van der Waals surface area contributed by atoms with Crippen molar-refractivity contribution in [2.45, 2.75) is 45.6 Å². The van der Waals surface area contributed by atoms with Crippen molar-refractivity contribution in [3.8, 4) is 5.75 Å². The van der Waals surface area contributed by atoms with Gasteiger partial charge in [0.05, 0.1) is 7.11 Å². The fraction of sp³-hybridized carbons (Fsp3) is 0.625. The van der Waals surface area contributed by atoms with E-state index in [4.69, 9.17) is 4.74 Å². The predicted molar refractivity (Wildman–Crippen MR) is 76.2 cm³/mol. The minimum Gasteiger partial charge on any atom is -0.496 e. The van der Waals surface area contributed by atoms with Crippen LogP contribution >= 0.6 is 0 Å². The Balaban J connectivity index is 2.21. The molecule has 0 aromatic heterocycles. The van der Waals surface area contributed by atoms with Gasteiger partial charge in [0.1, 0.15) is 11.6 Å². The monoisotopic (exact) mass is 265 g/mol. The molecule has 3 heteroatoms. The summed E-state index contributed by atoms with van der Waals surface area (Å²) in [6.45, 7) is 7.60. The van der Waals surface area contributed by atoms with Gasteiger partial charge in [0.15, 0.2) is 0 Å². The first kappa shape index (κ1) is 14.3. The molecule has 0 heterocycles. The molecule has 2 unspecified atom stereocenters. The Morgan fingerprint density at radius 1 is 1.42 bits per heavy atom. The quantitative estimate of drug-likeness (QED) is 0.876. The van der Waals surface area contributed by atoms with Gasteiger partial charge >= 0.3 is 0 Å². The number of methoxy groups -OCH3 is 1. The van der Waals surface area contributed by atoms with E-state index in [1.54, 1.807) is 13.2 Å². The van der Waals surface area contributed by atoms with Crippen LogP contribution in [0.2, 0.25) is 0 Å². The lowest BCUT2D eigenvalue weighted by molar-refractivity contribution is 0.0655. The van der Waals surface area contributed by atoms with Crippen molar-refractivity contribution in [2.24, 2.45) is 5.41 Å². The molecule has 0 aliphatic heterocycles. The number of hydrogen-bond acceptors (Lipinski definition) is 2. The summed E-state index contributed by atoms with van der Waals surface area (Å²) in [4.78, 5) is 0. The second-order valence-electron chi connectivity index (χ2n) is 5.97. The molecule has 2 nitrogen and oxygen atoms in total. The molecule has 2 rings (SSSR count). The fourth-order valence-electron chi connectivity index (χ4n) is 3.11. The minimum absolute atomic E-state index is 0.0602. The lowest BCUT2D eigenvalue weighted by Crippen LogP contribution is -2.55. The molecule has 1 saturated carbocycles. The van der Waals surface area contributed by atoms with Crippen LogP contribution in [0.15, 0.2) is 18.2 Å². The highest BCUT2D eigenvalue weighted by Gasteiger charge is 2.50. The van der Waals surface area contributed by atoms with Gasteiger partial charge in [-0.3, -0.25) is 0 Å². The smallest absolute Gasteiger partial charge is 0.130 e. The summed E-state index contributed by atoms with van der Waals surface area (Å²) >= 11 is 0. The Morgan fingerprint density at radius 2 is 2.16 bits per heavy atom. The second kappa shape index (κ2) is 5.49. The number of halogens is 1. The standard InChI is InChI=1S/C16H24FNO/c1-5-9-18-14-10-11(16(14,2)3)15-12(17)7-6-8-13(15)19-4/h6-8,11,14,18H,5,9-10H2,1-4H3. The summed E-state index contributed by atoms with van der Waals surface area (Å²) in [5, 5.41) is 3.55. The van der Waals surface area contributed by atoms with Gasteiger partial charge in [-0.15, -0.1) is 0 Å². The van der Waals surface area contributed by atoms with E-state index in [0.29, 0.717) is 11.8 Å².